The first kappa shape index (κ1) is 18.8. The lowest BCUT2D eigenvalue weighted by molar-refractivity contribution is -0.901. The first-order valence-corrected chi connectivity index (χ1v) is 10.7. The van der Waals surface area contributed by atoms with Crippen molar-refractivity contribution in [2.24, 2.45) is 0 Å². The van der Waals surface area contributed by atoms with E-state index in [2.05, 4.69) is 71.8 Å². The molecule has 1 amide bonds. The number of nitrogens with one attached hydrogen (secondary N) is 2. The fraction of sp³-hybridized carbons (Fsp3) is 0.304. The lowest BCUT2D eigenvalue weighted by atomic mass is 10.2. The maximum absolute atomic E-state index is 12.5. The molecule has 3 aromatic rings. The molecule has 2 N–H and O–H groups in total. The van der Waals surface area contributed by atoms with Gasteiger partial charge in [0.2, 0.25) is 5.91 Å². The van der Waals surface area contributed by atoms with Crippen LogP contribution in [0.1, 0.15) is 23.2 Å². The Morgan fingerprint density at radius 2 is 1.96 bits per heavy atom. The molecule has 1 aromatic heterocycles. The van der Waals surface area contributed by atoms with Crippen molar-refractivity contribution in [1.29, 1.82) is 0 Å². The van der Waals surface area contributed by atoms with E-state index in [1.807, 2.05) is 5.38 Å². The molecule has 144 valence electrons. The lowest BCUT2D eigenvalue weighted by Crippen LogP contribution is -3.09. The van der Waals surface area contributed by atoms with E-state index in [-0.39, 0.29) is 11.9 Å². The van der Waals surface area contributed by atoms with Crippen LogP contribution in [0.2, 0.25) is 0 Å². The molecular weight excluding hydrogens is 366 g/mol. The summed E-state index contributed by atoms with van der Waals surface area (Å²) in [5, 5.41) is 6.18. The van der Waals surface area contributed by atoms with Crippen LogP contribution in [0, 0.1) is 6.92 Å². The van der Waals surface area contributed by atoms with Gasteiger partial charge in [0.05, 0.1) is 31.2 Å². The van der Waals surface area contributed by atoms with Gasteiger partial charge >= 0.3 is 0 Å². The second kappa shape index (κ2) is 8.67. The van der Waals surface area contributed by atoms with E-state index >= 15 is 0 Å². The molecule has 2 aromatic carbocycles. The van der Waals surface area contributed by atoms with Crippen molar-refractivity contribution >= 4 is 17.2 Å². The van der Waals surface area contributed by atoms with Gasteiger partial charge in [0.25, 0.3) is 0 Å². The minimum atomic E-state index is 0.0757. The van der Waals surface area contributed by atoms with E-state index in [1.54, 1.807) is 11.3 Å². The molecule has 1 saturated heterocycles. The van der Waals surface area contributed by atoms with Crippen LogP contribution in [0.15, 0.2) is 60.0 Å². The molecule has 2 atom stereocenters. The Labute approximate surface area is 170 Å². The van der Waals surface area contributed by atoms with Gasteiger partial charge in [0, 0.05) is 22.9 Å². The number of thiazole rings is 1. The average molecular weight is 393 g/mol. The highest BCUT2D eigenvalue weighted by atomic mass is 32.1. The smallest absolute Gasteiger partial charge is 0.226 e. The summed E-state index contributed by atoms with van der Waals surface area (Å²) in [5.74, 6) is 0.0757. The van der Waals surface area contributed by atoms with E-state index in [0.29, 0.717) is 6.42 Å². The number of aryl methyl sites for hydroxylation is 1. The van der Waals surface area contributed by atoms with Crippen molar-refractivity contribution < 1.29 is 9.69 Å². The zero-order chi connectivity index (χ0) is 19.3. The molecule has 2 heterocycles. The predicted octanol–water partition coefficient (Wildman–Crippen LogP) is 2.63. The van der Waals surface area contributed by atoms with Gasteiger partial charge < -0.3 is 10.2 Å². The largest absolute Gasteiger partial charge is 0.347 e. The Morgan fingerprint density at radius 1 is 1.18 bits per heavy atom. The summed E-state index contributed by atoms with van der Waals surface area (Å²) >= 11 is 1.60. The molecular formula is C23H26N3OS+. The van der Waals surface area contributed by atoms with Crippen molar-refractivity contribution in [3.05, 3.63) is 76.8 Å². The van der Waals surface area contributed by atoms with Crippen LogP contribution in [-0.4, -0.2) is 30.0 Å². The Hall–Kier alpha value is -2.50. The van der Waals surface area contributed by atoms with Gasteiger partial charge in [-0.05, 0) is 6.92 Å². The number of hydrogen-bond acceptors (Lipinski definition) is 3. The third-order valence-electron chi connectivity index (χ3n) is 5.24. The SMILES string of the molecule is Cc1ccc(-c2nc(CC(=O)N[C@@H]3CC[NH+](Cc4ccccc4)C3)cs2)cc1. The summed E-state index contributed by atoms with van der Waals surface area (Å²) < 4.78 is 0. The fourth-order valence-electron chi connectivity index (χ4n) is 3.76. The van der Waals surface area contributed by atoms with Gasteiger partial charge in [0.15, 0.2) is 0 Å². The van der Waals surface area contributed by atoms with Gasteiger partial charge in [-0.15, -0.1) is 11.3 Å². The Bertz CT molecular complexity index is 921. The Morgan fingerprint density at radius 3 is 2.75 bits per heavy atom. The van der Waals surface area contributed by atoms with Crippen molar-refractivity contribution in [1.82, 2.24) is 10.3 Å². The molecule has 1 aliphatic heterocycles. The van der Waals surface area contributed by atoms with E-state index < -0.39 is 0 Å². The van der Waals surface area contributed by atoms with Crippen molar-refractivity contribution in [3.8, 4) is 10.6 Å². The number of carbonyl (C=O) groups excluding carboxylic acids is 1. The predicted molar refractivity (Wildman–Crippen MR) is 113 cm³/mol. The van der Waals surface area contributed by atoms with Crippen molar-refractivity contribution in [3.63, 3.8) is 0 Å². The number of rotatable bonds is 6. The number of nitrogens with zero attached hydrogens (tertiary/aromatic N) is 1. The summed E-state index contributed by atoms with van der Waals surface area (Å²) in [7, 11) is 0. The van der Waals surface area contributed by atoms with Crippen LogP contribution in [0.5, 0.6) is 0 Å². The van der Waals surface area contributed by atoms with E-state index in [1.165, 1.54) is 16.0 Å². The van der Waals surface area contributed by atoms with E-state index in [9.17, 15) is 4.79 Å². The van der Waals surface area contributed by atoms with Gasteiger partial charge in [-0.1, -0.05) is 60.2 Å². The highest BCUT2D eigenvalue weighted by Gasteiger charge is 2.27. The Kier molecular flexibility index (Phi) is 5.84. The summed E-state index contributed by atoms with van der Waals surface area (Å²) in [4.78, 5) is 18.7. The number of benzene rings is 2. The normalized spacial score (nSPS) is 18.9. The van der Waals surface area contributed by atoms with Crippen LogP contribution in [0.4, 0.5) is 0 Å². The maximum atomic E-state index is 12.5. The molecule has 0 spiro atoms. The second-order valence-electron chi connectivity index (χ2n) is 7.61. The minimum absolute atomic E-state index is 0.0757. The molecule has 1 fully saturated rings. The van der Waals surface area contributed by atoms with E-state index in [4.69, 9.17) is 0 Å². The topological polar surface area (TPSA) is 46.4 Å². The molecule has 0 saturated carbocycles. The number of likely N-dealkylation sites (tertiary alicyclic amines) is 1. The van der Waals surface area contributed by atoms with Crippen LogP contribution in [0.3, 0.4) is 0 Å². The first-order chi connectivity index (χ1) is 13.7. The van der Waals surface area contributed by atoms with Crippen LogP contribution in [0.25, 0.3) is 10.6 Å². The van der Waals surface area contributed by atoms with Crippen LogP contribution in [-0.2, 0) is 17.8 Å². The number of hydrogen-bond donors (Lipinski definition) is 2. The van der Waals surface area contributed by atoms with Gasteiger partial charge in [0.1, 0.15) is 11.6 Å². The maximum Gasteiger partial charge on any atom is 0.226 e. The number of carbonyl (C=O) groups is 1. The third-order valence-corrected chi connectivity index (χ3v) is 6.18. The fourth-order valence-corrected chi connectivity index (χ4v) is 4.59. The molecule has 28 heavy (non-hydrogen) atoms. The lowest BCUT2D eigenvalue weighted by Gasteiger charge is -2.14. The number of aromatic nitrogens is 1. The molecule has 0 aliphatic carbocycles. The summed E-state index contributed by atoms with van der Waals surface area (Å²) in [6.07, 6.45) is 1.40. The highest BCUT2D eigenvalue weighted by Crippen LogP contribution is 2.24. The van der Waals surface area contributed by atoms with Crippen LogP contribution < -0.4 is 10.2 Å². The van der Waals surface area contributed by atoms with Gasteiger partial charge in [-0.25, -0.2) is 4.98 Å². The van der Waals surface area contributed by atoms with Gasteiger partial charge in [-0.3, -0.25) is 4.79 Å². The standard InChI is InChI=1S/C23H25N3OS/c1-17-7-9-19(10-8-17)23-25-21(16-28-23)13-22(27)24-20-11-12-26(15-20)14-18-5-3-2-4-6-18/h2-10,16,20H,11-15H2,1H3,(H,24,27)/p+1/t20-/m1/s1. The summed E-state index contributed by atoms with van der Waals surface area (Å²) in [6, 6.07) is 19.2. The van der Waals surface area contributed by atoms with Crippen molar-refractivity contribution in [2.45, 2.75) is 32.4 Å². The molecule has 4 nitrogen and oxygen atoms in total. The number of amides is 1. The van der Waals surface area contributed by atoms with E-state index in [0.717, 1.165) is 42.3 Å². The average Bonchev–Trinajstić information content (AvgIpc) is 3.33. The van der Waals surface area contributed by atoms with Gasteiger partial charge in [-0.2, -0.15) is 0 Å². The minimum Gasteiger partial charge on any atom is -0.347 e. The molecule has 1 aliphatic rings. The van der Waals surface area contributed by atoms with Crippen LogP contribution >= 0.6 is 11.3 Å². The second-order valence-corrected chi connectivity index (χ2v) is 8.46. The molecule has 5 heteroatoms. The highest BCUT2D eigenvalue weighted by molar-refractivity contribution is 7.13. The first-order valence-electron chi connectivity index (χ1n) is 9.84. The van der Waals surface area contributed by atoms with Crippen molar-refractivity contribution in [2.75, 3.05) is 13.1 Å². The number of quaternary nitrogens is 1. The summed E-state index contributed by atoms with van der Waals surface area (Å²) in [6.45, 7) is 5.20. The third kappa shape index (κ3) is 4.86. The molecule has 0 radical (unpaired) electrons. The zero-order valence-corrected chi connectivity index (χ0v) is 17.0. The Balaban J connectivity index is 1.27. The zero-order valence-electron chi connectivity index (χ0n) is 16.2. The quantitative estimate of drug-likeness (QED) is 0.677. The molecule has 0 bridgehead atoms. The summed E-state index contributed by atoms with van der Waals surface area (Å²) in [5.41, 5.74) is 4.55. The molecule has 1 unspecified atom stereocenters. The monoisotopic (exact) mass is 392 g/mol. The molecule has 4 rings (SSSR count).